The Morgan fingerprint density at radius 2 is 1.95 bits per heavy atom. The number of nitrogens with one attached hydrogen (secondary N) is 1. The molecule has 0 radical (unpaired) electrons. The first-order chi connectivity index (χ1) is 9.84. The molecule has 3 aromatic rings. The molecule has 20 heavy (non-hydrogen) atoms. The Labute approximate surface area is 117 Å². The number of hydrogen-bond donors (Lipinski definition) is 1. The smallest absolute Gasteiger partial charge is 0.156 e. The molecule has 0 aliphatic rings. The van der Waals surface area contributed by atoms with Crippen molar-refractivity contribution < 1.29 is 0 Å². The summed E-state index contributed by atoms with van der Waals surface area (Å²) in [7, 11) is 0. The average Bonchev–Trinajstić information content (AvgIpc) is 2.99. The third-order valence-corrected chi connectivity index (χ3v) is 3.29. The van der Waals surface area contributed by atoms with Gasteiger partial charge in [-0.05, 0) is 19.4 Å². The minimum Gasteiger partial charge on any atom is -0.368 e. The zero-order chi connectivity index (χ0) is 13.8. The van der Waals surface area contributed by atoms with Crippen molar-refractivity contribution in [1.29, 1.82) is 0 Å². The van der Waals surface area contributed by atoms with Crippen LogP contribution in [-0.4, -0.2) is 26.5 Å². The van der Waals surface area contributed by atoms with Crippen molar-refractivity contribution in [3.8, 4) is 0 Å². The number of rotatable bonds is 5. The number of fused-ring (bicyclic) bond motifs is 1. The molecule has 2 aromatic heterocycles. The van der Waals surface area contributed by atoms with Gasteiger partial charge in [-0.1, -0.05) is 24.3 Å². The SMILES string of the molecule is Cc1nnc(NCCCn2cccn2)c2ccccc12. The van der Waals surface area contributed by atoms with Gasteiger partial charge < -0.3 is 5.32 Å². The Bertz CT molecular complexity index is 691. The zero-order valence-electron chi connectivity index (χ0n) is 11.5. The minimum atomic E-state index is 0.849. The van der Waals surface area contributed by atoms with Crippen LogP contribution >= 0.6 is 0 Å². The Morgan fingerprint density at radius 3 is 2.75 bits per heavy atom. The molecule has 0 spiro atoms. The maximum absolute atomic E-state index is 4.26. The van der Waals surface area contributed by atoms with Crippen molar-refractivity contribution in [3.05, 3.63) is 48.4 Å². The van der Waals surface area contributed by atoms with Gasteiger partial charge in [-0.3, -0.25) is 4.68 Å². The Kier molecular flexibility index (Phi) is 3.58. The molecule has 102 valence electrons. The molecule has 0 aliphatic carbocycles. The molecule has 0 unspecified atom stereocenters. The third kappa shape index (κ3) is 2.61. The lowest BCUT2D eigenvalue weighted by Crippen LogP contribution is -2.09. The van der Waals surface area contributed by atoms with Gasteiger partial charge in [-0.2, -0.15) is 10.2 Å². The summed E-state index contributed by atoms with van der Waals surface area (Å²) in [6.07, 6.45) is 4.76. The number of benzene rings is 1. The quantitative estimate of drug-likeness (QED) is 0.722. The second-order valence-corrected chi connectivity index (χ2v) is 4.73. The molecule has 0 amide bonds. The summed E-state index contributed by atoms with van der Waals surface area (Å²) in [5.74, 6) is 0.853. The third-order valence-electron chi connectivity index (χ3n) is 3.29. The highest BCUT2D eigenvalue weighted by atomic mass is 15.3. The van der Waals surface area contributed by atoms with Crippen molar-refractivity contribution >= 4 is 16.6 Å². The maximum atomic E-state index is 4.26. The van der Waals surface area contributed by atoms with Crippen LogP contribution in [0, 0.1) is 6.92 Å². The van der Waals surface area contributed by atoms with Crippen LogP contribution in [0.15, 0.2) is 42.7 Å². The first-order valence-electron chi connectivity index (χ1n) is 6.78. The largest absolute Gasteiger partial charge is 0.368 e. The molecule has 2 heterocycles. The topological polar surface area (TPSA) is 55.6 Å². The van der Waals surface area contributed by atoms with E-state index in [9.17, 15) is 0 Å². The van der Waals surface area contributed by atoms with Gasteiger partial charge in [0.15, 0.2) is 5.82 Å². The predicted molar refractivity (Wildman–Crippen MR) is 79.6 cm³/mol. The van der Waals surface area contributed by atoms with Gasteiger partial charge in [0.25, 0.3) is 0 Å². The summed E-state index contributed by atoms with van der Waals surface area (Å²) < 4.78 is 1.93. The number of hydrogen-bond acceptors (Lipinski definition) is 4. The highest BCUT2D eigenvalue weighted by Crippen LogP contribution is 2.21. The van der Waals surface area contributed by atoms with Crippen molar-refractivity contribution in [2.45, 2.75) is 19.9 Å². The number of aromatic nitrogens is 4. The van der Waals surface area contributed by atoms with E-state index in [-0.39, 0.29) is 0 Å². The van der Waals surface area contributed by atoms with E-state index < -0.39 is 0 Å². The van der Waals surface area contributed by atoms with Crippen LogP contribution in [0.3, 0.4) is 0 Å². The van der Waals surface area contributed by atoms with Crippen LogP contribution in [0.2, 0.25) is 0 Å². The van der Waals surface area contributed by atoms with E-state index in [0.717, 1.165) is 41.8 Å². The second-order valence-electron chi connectivity index (χ2n) is 4.73. The van der Waals surface area contributed by atoms with Crippen LogP contribution in [0.4, 0.5) is 5.82 Å². The molecule has 1 N–H and O–H groups in total. The molecule has 3 rings (SSSR count). The van der Waals surface area contributed by atoms with E-state index in [2.05, 4.69) is 32.7 Å². The van der Waals surface area contributed by atoms with E-state index in [1.807, 2.05) is 36.0 Å². The molecule has 0 fully saturated rings. The van der Waals surface area contributed by atoms with Gasteiger partial charge >= 0.3 is 0 Å². The lowest BCUT2D eigenvalue weighted by atomic mass is 10.1. The van der Waals surface area contributed by atoms with E-state index >= 15 is 0 Å². The number of nitrogens with zero attached hydrogens (tertiary/aromatic N) is 4. The summed E-state index contributed by atoms with van der Waals surface area (Å²) in [5, 5.41) is 18.3. The van der Waals surface area contributed by atoms with Crippen LogP contribution < -0.4 is 5.32 Å². The van der Waals surface area contributed by atoms with Gasteiger partial charge in [0.05, 0.1) is 5.69 Å². The van der Waals surface area contributed by atoms with Crippen molar-refractivity contribution in [1.82, 2.24) is 20.0 Å². The highest BCUT2D eigenvalue weighted by molar-refractivity contribution is 5.92. The number of aryl methyl sites for hydroxylation is 2. The molecule has 0 aliphatic heterocycles. The predicted octanol–water partition coefficient (Wildman–Crippen LogP) is 2.64. The van der Waals surface area contributed by atoms with Crippen LogP contribution in [-0.2, 0) is 6.54 Å². The van der Waals surface area contributed by atoms with Gasteiger partial charge in [-0.15, -0.1) is 5.10 Å². The molecule has 0 saturated heterocycles. The standard InChI is InChI=1S/C15H17N5/c1-12-13-6-2-3-7-14(13)15(19-18-12)16-8-4-10-20-11-5-9-17-20/h2-3,5-7,9,11H,4,8,10H2,1H3,(H,16,19). The summed E-state index contributed by atoms with van der Waals surface area (Å²) in [4.78, 5) is 0. The fraction of sp³-hybridized carbons (Fsp3) is 0.267. The summed E-state index contributed by atoms with van der Waals surface area (Å²) in [6, 6.07) is 10.1. The molecular weight excluding hydrogens is 250 g/mol. The van der Waals surface area contributed by atoms with Gasteiger partial charge in [0.2, 0.25) is 0 Å². The minimum absolute atomic E-state index is 0.849. The Balaban J connectivity index is 1.67. The summed E-state index contributed by atoms with van der Waals surface area (Å²) in [6.45, 7) is 3.73. The normalized spacial score (nSPS) is 10.8. The van der Waals surface area contributed by atoms with E-state index in [4.69, 9.17) is 0 Å². The Hall–Kier alpha value is -2.43. The van der Waals surface area contributed by atoms with Crippen molar-refractivity contribution in [2.75, 3.05) is 11.9 Å². The molecule has 1 aromatic carbocycles. The van der Waals surface area contributed by atoms with E-state index in [1.165, 1.54) is 0 Å². The molecule has 0 saturated carbocycles. The molecule has 5 nitrogen and oxygen atoms in total. The monoisotopic (exact) mass is 267 g/mol. The van der Waals surface area contributed by atoms with Crippen LogP contribution in [0.1, 0.15) is 12.1 Å². The van der Waals surface area contributed by atoms with Gasteiger partial charge in [-0.25, -0.2) is 0 Å². The average molecular weight is 267 g/mol. The zero-order valence-corrected chi connectivity index (χ0v) is 11.5. The first-order valence-corrected chi connectivity index (χ1v) is 6.78. The van der Waals surface area contributed by atoms with E-state index in [1.54, 1.807) is 6.20 Å². The summed E-state index contributed by atoms with van der Waals surface area (Å²) >= 11 is 0. The fourth-order valence-corrected chi connectivity index (χ4v) is 2.25. The van der Waals surface area contributed by atoms with Crippen molar-refractivity contribution in [3.63, 3.8) is 0 Å². The molecule has 0 bridgehead atoms. The molecular formula is C15H17N5. The fourth-order valence-electron chi connectivity index (χ4n) is 2.25. The van der Waals surface area contributed by atoms with Crippen LogP contribution in [0.25, 0.3) is 10.8 Å². The van der Waals surface area contributed by atoms with E-state index in [0.29, 0.717) is 0 Å². The lowest BCUT2D eigenvalue weighted by molar-refractivity contribution is 0.591. The summed E-state index contributed by atoms with van der Waals surface area (Å²) in [5.41, 5.74) is 0.961. The maximum Gasteiger partial charge on any atom is 0.156 e. The van der Waals surface area contributed by atoms with Gasteiger partial charge in [0.1, 0.15) is 0 Å². The molecule has 0 atom stereocenters. The Morgan fingerprint density at radius 1 is 1.10 bits per heavy atom. The molecule has 5 heteroatoms. The first kappa shape index (κ1) is 12.6. The second kappa shape index (κ2) is 5.69. The lowest BCUT2D eigenvalue weighted by Gasteiger charge is -2.09. The number of anilines is 1. The highest BCUT2D eigenvalue weighted by Gasteiger charge is 2.05. The van der Waals surface area contributed by atoms with Crippen molar-refractivity contribution in [2.24, 2.45) is 0 Å². The van der Waals surface area contributed by atoms with Gasteiger partial charge in [0, 0.05) is 36.3 Å². The van der Waals surface area contributed by atoms with Crippen LogP contribution in [0.5, 0.6) is 0 Å².